The maximum Gasteiger partial charge on any atom is 0.410 e. The first kappa shape index (κ1) is 17.0. The van der Waals surface area contributed by atoms with Crippen molar-refractivity contribution < 1.29 is 14.3 Å². The number of nitrogens with one attached hydrogen (secondary N) is 1. The number of carbonyl (C=O) groups is 2. The van der Waals surface area contributed by atoms with Crippen LogP contribution in [0.2, 0.25) is 5.15 Å². The number of aryl methyl sites for hydroxylation is 1. The summed E-state index contributed by atoms with van der Waals surface area (Å²) >= 11 is 5.89. The predicted molar refractivity (Wildman–Crippen MR) is 90.9 cm³/mol. The Morgan fingerprint density at radius 2 is 2.17 bits per heavy atom. The molecule has 7 heteroatoms. The van der Waals surface area contributed by atoms with E-state index in [4.69, 9.17) is 16.3 Å². The fourth-order valence-electron chi connectivity index (χ4n) is 3.10. The average Bonchev–Trinajstić information content (AvgIpc) is 3.18. The van der Waals surface area contributed by atoms with Gasteiger partial charge in [-0.3, -0.25) is 9.69 Å². The van der Waals surface area contributed by atoms with E-state index in [2.05, 4.69) is 10.3 Å². The molecule has 6 nitrogen and oxygen atoms in total. The summed E-state index contributed by atoms with van der Waals surface area (Å²) in [6, 6.07) is 3.10. The highest BCUT2D eigenvalue weighted by molar-refractivity contribution is 6.29. The summed E-state index contributed by atoms with van der Waals surface area (Å²) in [6.45, 7) is 6.17. The Kier molecular flexibility index (Phi) is 4.67. The van der Waals surface area contributed by atoms with Crippen LogP contribution in [-0.4, -0.2) is 40.6 Å². The molecule has 3 unspecified atom stereocenters. The fourth-order valence-corrected chi connectivity index (χ4v) is 3.24. The summed E-state index contributed by atoms with van der Waals surface area (Å²) in [6.07, 6.45) is 1.23. The Bertz CT molecular complexity index is 664. The molecule has 1 aromatic rings. The van der Waals surface area contributed by atoms with Crippen LogP contribution in [0, 0.1) is 18.8 Å². The standard InChI is InChI=1S/C17H22ClN3O3/c1-9(2)8-24-17(23)21-12-6-11(12)7-13(21)16(22)20-15-10(3)4-5-14(18)19-15/h4-5,9,11-13H,6-8H2,1-3H3,(H,19,20,22). The van der Waals surface area contributed by atoms with E-state index in [0.717, 1.165) is 12.0 Å². The normalized spacial score (nSPS) is 24.7. The first-order valence-electron chi connectivity index (χ1n) is 8.26. The highest BCUT2D eigenvalue weighted by atomic mass is 35.5. The summed E-state index contributed by atoms with van der Waals surface area (Å²) < 4.78 is 5.33. The van der Waals surface area contributed by atoms with Crippen LogP contribution in [0.1, 0.15) is 32.3 Å². The third kappa shape index (κ3) is 3.48. The molecule has 1 aromatic heterocycles. The lowest BCUT2D eigenvalue weighted by Gasteiger charge is -2.26. The number of pyridine rings is 1. The summed E-state index contributed by atoms with van der Waals surface area (Å²) in [7, 11) is 0. The molecule has 1 saturated heterocycles. The maximum absolute atomic E-state index is 12.7. The number of rotatable bonds is 4. The number of fused-ring (bicyclic) bond motifs is 1. The second-order valence-electron chi connectivity index (χ2n) is 6.98. The molecular formula is C17H22ClN3O3. The van der Waals surface area contributed by atoms with Crippen molar-refractivity contribution in [2.45, 2.75) is 45.7 Å². The van der Waals surface area contributed by atoms with Gasteiger partial charge in [-0.05, 0) is 43.2 Å². The van der Waals surface area contributed by atoms with Gasteiger partial charge in [0, 0.05) is 6.04 Å². The Morgan fingerprint density at radius 3 is 2.88 bits per heavy atom. The molecule has 1 N–H and O–H groups in total. The molecule has 24 heavy (non-hydrogen) atoms. The number of ether oxygens (including phenoxy) is 1. The van der Waals surface area contributed by atoms with Crippen molar-refractivity contribution in [3.05, 3.63) is 22.8 Å². The average molecular weight is 352 g/mol. The SMILES string of the molecule is Cc1ccc(Cl)nc1NC(=O)C1CC2CC2N1C(=O)OCC(C)C. The van der Waals surface area contributed by atoms with Crippen molar-refractivity contribution in [2.24, 2.45) is 11.8 Å². The van der Waals surface area contributed by atoms with Crippen LogP contribution >= 0.6 is 11.6 Å². The van der Waals surface area contributed by atoms with Gasteiger partial charge in [0.25, 0.3) is 0 Å². The molecule has 0 radical (unpaired) electrons. The molecule has 2 amide bonds. The van der Waals surface area contributed by atoms with Crippen LogP contribution in [0.5, 0.6) is 0 Å². The number of piperidine rings is 1. The minimum atomic E-state index is -0.506. The number of hydrogen-bond acceptors (Lipinski definition) is 4. The summed E-state index contributed by atoms with van der Waals surface area (Å²) in [5, 5.41) is 3.12. The zero-order chi connectivity index (χ0) is 17.4. The Labute approximate surface area is 146 Å². The van der Waals surface area contributed by atoms with E-state index in [-0.39, 0.29) is 17.9 Å². The van der Waals surface area contributed by atoms with E-state index in [0.29, 0.717) is 29.9 Å². The number of halogens is 1. The second kappa shape index (κ2) is 6.59. The van der Waals surface area contributed by atoms with Crippen LogP contribution in [0.25, 0.3) is 0 Å². The lowest BCUT2D eigenvalue weighted by atomic mass is 10.1. The molecule has 130 valence electrons. The summed E-state index contributed by atoms with van der Waals surface area (Å²) in [5.41, 5.74) is 0.824. The molecule has 0 spiro atoms. The quantitative estimate of drug-likeness (QED) is 0.845. The van der Waals surface area contributed by atoms with Crippen molar-refractivity contribution in [3.63, 3.8) is 0 Å². The molecule has 3 rings (SSSR count). The smallest absolute Gasteiger partial charge is 0.410 e. The van der Waals surface area contributed by atoms with Crippen molar-refractivity contribution in [1.82, 2.24) is 9.88 Å². The number of amides is 2. The van der Waals surface area contributed by atoms with Gasteiger partial charge in [-0.2, -0.15) is 0 Å². The molecule has 2 fully saturated rings. The molecular weight excluding hydrogens is 330 g/mol. The largest absolute Gasteiger partial charge is 0.449 e. The zero-order valence-corrected chi connectivity index (χ0v) is 14.8. The third-order valence-electron chi connectivity index (χ3n) is 4.46. The van der Waals surface area contributed by atoms with Gasteiger partial charge in [-0.15, -0.1) is 0 Å². The molecule has 1 saturated carbocycles. The van der Waals surface area contributed by atoms with Gasteiger partial charge in [-0.25, -0.2) is 9.78 Å². The number of aromatic nitrogens is 1. The molecule has 2 heterocycles. The maximum atomic E-state index is 12.7. The third-order valence-corrected chi connectivity index (χ3v) is 4.67. The van der Waals surface area contributed by atoms with E-state index in [1.807, 2.05) is 20.8 Å². The first-order chi connectivity index (χ1) is 11.4. The first-order valence-corrected chi connectivity index (χ1v) is 8.63. The Hall–Kier alpha value is -1.82. The molecule has 2 aliphatic rings. The number of hydrogen-bond donors (Lipinski definition) is 1. The van der Waals surface area contributed by atoms with Crippen LogP contribution in [-0.2, 0) is 9.53 Å². The monoisotopic (exact) mass is 351 g/mol. The Balaban J connectivity index is 1.69. The van der Waals surface area contributed by atoms with Gasteiger partial charge >= 0.3 is 6.09 Å². The molecule has 0 aromatic carbocycles. The zero-order valence-electron chi connectivity index (χ0n) is 14.1. The van der Waals surface area contributed by atoms with Crippen LogP contribution in [0.15, 0.2) is 12.1 Å². The topological polar surface area (TPSA) is 71.5 Å². The fraction of sp³-hybridized carbons (Fsp3) is 0.588. The molecule has 3 atom stereocenters. The summed E-state index contributed by atoms with van der Waals surface area (Å²) in [4.78, 5) is 30.8. The van der Waals surface area contributed by atoms with Crippen LogP contribution < -0.4 is 5.32 Å². The molecule has 1 aliphatic carbocycles. The Morgan fingerprint density at radius 1 is 1.42 bits per heavy atom. The van der Waals surface area contributed by atoms with Crippen molar-refractivity contribution in [2.75, 3.05) is 11.9 Å². The number of likely N-dealkylation sites (tertiary alicyclic amines) is 1. The van der Waals surface area contributed by atoms with Gasteiger partial charge in [0.15, 0.2) is 0 Å². The van der Waals surface area contributed by atoms with Crippen molar-refractivity contribution in [3.8, 4) is 0 Å². The molecule has 1 aliphatic heterocycles. The van der Waals surface area contributed by atoms with E-state index < -0.39 is 12.1 Å². The predicted octanol–water partition coefficient (Wildman–Crippen LogP) is 3.24. The van der Waals surface area contributed by atoms with Crippen LogP contribution in [0.4, 0.5) is 10.6 Å². The van der Waals surface area contributed by atoms with Gasteiger partial charge < -0.3 is 10.1 Å². The van der Waals surface area contributed by atoms with E-state index >= 15 is 0 Å². The highest BCUT2D eigenvalue weighted by Gasteiger charge is 2.56. The number of nitrogens with zero attached hydrogens (tertiary/aromatic N) is 2. The van der Waals surface area contributed by atoms with Gasteiger partial charge in [0.2, 0.25) is 5.91 Å². The van der Waals surface area contributed by atoms with Crippen LogP contribution in [0.3, 0.4) is 0 Å². The van der Waals surface area contributed by atoms with Gasteiger partial charge in [0.05, 0.1) is 6.61 Å². The number of carbonyl (C=O) groups excluding carboxylic acids is 2. The minimum Gasteiger partial charge on any atom is -0.449 e. The van der Waals surface area contributed by atoms with E-state index in [9.17, 15) is 9.59 Å². The van der Waals surface area contributed by atoms with Crippen molar-refractivity contribution in [1.29, 1.82) is 0 Å². The van der Waals surface area contributed by atoms with Gasteiger partial charge in [-0.1, -0.05) is 31.5 Å². The highest BCUT2D eigenvalue weighted by Crippen LogP contribution is 2.48. The molecule has 0 bridgehead atoms. The van der Waals surface area contributed by atoms with Crippen molar-refractivity contribution >= 4 is 29.4 Å². The minimum absolute atomic E-state index is 0.133. The lowest BCUT2D eigenvalue weighted by molar-refractivity contribution is -0.120. The lowest BCUT2D eigenvalue weighted by Crippen LogP contribution is -2.46. The second-order valence-corrected chi connectivity index (χ2v) is 7.37. The number of anilines is 1. The van der Waals surface area contributed by atoms with E-state index in [1.54, 1.807) is 17.0 Å². The van der Waals surface area contributed by atoms with E-state index in [1.165, 1.54) is 0 Å². The van der Waals surface area contributed by atoms with Gasteiger partial charge in [0.1, 0.15) is 17.0 Å². The summed E-state index contributed by atoms with van der Waals surface area (Å²) in [5.74, 6) is 0.864.